The summed E-state index contributed by atoms with van der Waals surface area (Å²) >= 11 is 7.89. The normalized spacial score (nSPS) is 19.6. The van der Waals surface area contributed by atoms with Crippen molar-refractivity contribution in [3.63, 3.8) is 0 Å². The Bertz CT molecular complexity index is 921. The Morgan fingerprint density at radius 1 is 1.00 bits per heavy atom. The Kier molecular flexibility index (Phi) is 6.40. The van der Waals surface area contributed by atoms with Crippen molar-refractivity contribution in [1.29, 1.82) is 0 Å². The lowest BCUT2D eigenvalue weighted by molar-refractivity contribution is 0.353. The molecule has 1 saturated carbocycles. The van der Waals surface area contributed by atoms with Crippen LogP contribution in [0, 0.1) is 0 Å². The summed E-state index contributed by atoms with van der Waals surface area (Å²) in [6, 6.07) is 18.0. The van der Waals surface area contributed by atoms with Gasteiger partial charge in [-0.05, 0) is 73.9 Å². The van der Waals surface area contributed by atoms with Crippen LogP contribution in [-0.4, -0.2) is 23.3 Å². The number of hydrogen-bond donors (Lipinski definition) is 2. The number of benzene rings is 2. The van der Waals surface area contributed by atoms with Gasteiger partial charge in [-0.25, -0.2) is 0 Å². The van der Waals surface area contributed by atoms with Crippen LogP contribution in [0.1, 0.15) is 31.2 Å². The molecule has 1 aliphatic carbocycles. The molecule has 0 spiro atoms. The summed E-state index contributed by atoms with van der Waals surface area (Å²) in [5, 5.41) is 9.34. The van der Waals surface area contributed by atoms with Gasteiger partial charge in [-0.15, -0.1) is 11.8 Å². The summed E-state index contributed by atoms with van der Waals surface area (Å²) in [5.74, 6) is 0. The quantitative estimate of drug-likeness (QED) is 0.479. The van der Waals surface area contributed by atoms with Crippen molar-refractivity contribution in [3.8, 4) is 0 Å². The fourth-order valence-corrected chi connectivity index (χ4v) is 4.49. The van der Waals surface area contributed by atoms with Gasteiger partial charge >= 0.3 is 0 Å². The van der Waals surface area contributed by atoms with E-state index in [0.717, 1.165) is 28.2 Å². The lowest BCUT2D eigenvalue weighted by Crippen LogP contribution is -2.36. The fourth-order valence-electron chi connectivity index (χ4n) is 3.91. The zero-order chi connectivity index (χ0) is 19.3. The Morgan fingerprint density at radius 3 is 2.50 bits per heavy atom. The summed E-state index contributed by atoms with van der Waals surface area (Å²) in [4.78, 5) is 5.76. The smallest absolute Gasteiger partial charge is 0.0737 e. The molecule has 3 nitrogen and oxygen atoms in total. The third-order valence-corrected chi connectivity index (χ3v) is 6.52. The first-order valence-corrected chi connectivity index (χ1v) is 11.5. The maximum Gasteiger partial charge on any atom is 0.0737 e. The van der Waals surface area contributed by atoms with Crippen molar-refractivity contribution < 1.29 is 0 Å². The Balaban J connectivity index is 1.29. The Labute approximate surface area is 176 Å². The summed E-state index contributed by atoms with van der Waals surface area (Å²) in [6.45, 7) is 0.952. The monoisotopic (exact) mass is 411 g/mol. The number of nitrogens with zero attached hydrogens (tertiary/aromatic N) is 1. The summed E-state index contributed by atoms with van der Waals surface area (Å²) in [5.41, 5.74) is 3.47. The zero-order valence-electron chi connectivity index (χ0n) is 16.1. The SMILES string of the molecule is CSc1ccc(CNC2CCC(Nc3ccnc4cc(Cl)ccc34)CC2)cc1. The van der Waals surface area contributed by atoms with Gasteiger partial charge in [0.2, 0.25) is 0 Å². The number of anilines is 1. The van der Waals surface area contributed by atoms with Crippen molar-refractivity contribution >= 4 is 40.0 Å². The second-order valence-electron chi connectivity index (χ2n) is 7.44. The van der Waals surface area contributed by atoms with E-state index < -0.39 is 0 Å². The second-order valence-corrected chi connectivity index (χ2v) is 8.76. The van der Waals surface area contributed by atoms with Gasteiger partial charge in [0.15, 0.2) is 0 Å². The molecule has 0 amide bonds. The van der Waals surface area contributed by atoms with Crippen LogP contribution in [0.5, 0.6) is 0 Å². The number of aromatic nitrogens is 1. The molecule has 1 aliphatic rings. The largest absolute Gasteiger partial charge is 0.382 e. The number of fused-ring (bicyclic) bond motifs is 1. The van der Waals surface area contributed by atoms with Crippen LogP contribution in [0.2, 0.25) is 5.02 Å². The minimum Gasteiger partial charge on any atom is -0.382 e. The molecule has 2 N–H and O–H groups in total. The minimum absolute atomic E-state index is 0.514. The number of pyridine rings is 1. The van der Waals surface area contributed by atoms with Crippen LogP contribution in [0.3, 0.4) is 0 Å². The first-order chi connectivity index (χ1) is 13.7. The lowest BCUT2D eigenvalue weighted by Gasteiger charge is -2.30. The van der Waals surface area contributed by atoms with Crippen molar-refractivity contribution in [3.05, 3.63) is 65.3 Å². The molecule has 28 heavy (non-hydrogen) atoms. The molecular formula is C23H26ClN3S. The van der Waals surface area contributed by atoms with Crippen LogP contribution >= 0.6 is 23.4 Å². The van der Waals surface area contributed by atoms with E-state index in [1.165, 1.54) is 36.1 Å². The van der Waals surface area contributed by atoms with Gasteiger partial charge in [-0.2, -0.15) is 0 Å². The van der Waals surface area contributed by atoms with Crippen molar-refractivity contribution in [2.75, 3.05) is 11.6 Å². The highest BCUT2D eigenvalue weighted by Crippen LogP contribution is 2.28. The van der Waals surface area contributed by atoms with Crippen LogP contribution in [0.25, 0.3) is 10.9 Å². The highest BCUT2D eigenvalue weighted by molar-refractivity contribution is 7.98. The summed E-state index contributed by atoms with van der Waals surface area (Å²) in [7, 11) is 0. The zero-order valence-corrected chi connectivity index (χ0v) is 17.7. The van der Waals surface area contributed by atoms with E-state index in [2.05, 4.69) is 58.3 Å². The second kappa shape index (κ2) is 9.17. The first kappa shape index (κ1) is 19.6. The van der Waals surface area contributed by atoms with E-state index in [4.69, 9.17) is 11.6 Å². The molecule has 0 saturated heterocycles. The van der Waals surface area contributed by atoms with E-state index in [1.807, 2.05) is 18.3 Å². The van der Waals surface area contributed by atoms with E-state index in [9.17, 15) is 0 Å². The van der Waals surface area contributed by atoms with Gasteiger partial charge in [-0.3, -0.25) is 4.98 Å². The van der Waals surface area contributed by atoms with Crippen molar-refractivity contribution in [2.24, 2.45) is 0 Å². The number of thioether (sulfide) groups is 1. The number of halogens is 1. The van der Waals surface area contributed by atoms with Crippen LogP contribution < -0.4 is 10.6 Å². The molecule has 1 heterocycles. The molecule has 0 bridgehead atoms. The van der Waals surface area contributed by atoms with Gasteiger partial charge in [0.05, 0.1) is 5.52 Å². The molecule has 1 aromatic heterocycles. The average Bonchev–Trinajstić information content (AvgIpc) is 2.73. The van der Waals surface area contributed by atoms with E-state index >= 15 is 0 Å². The molecular weight excluding hydrogens is 386 g/mol. The van der Waals surface area contributed by atoms with Crippen LogP contribution in [-0.2, 0) is 6.54 Å². The molecule has 0 aliphatic heterocycles. The van der Waals surface area contributed by atoms with Crippen LogP contribution in [0.4, 0.5) is 5.69 Å². The fraction of sp³-hybridized carbons (Fsp3) is 0.348. The lowest BCUT2D eigenvalue weighted by atomic mass is 9.90. The van der Waals surface area contributed by atoms with Crippen molar-refractivity contribution in [2.45, 2.75) is 49.2 Å². The topological polar surface area (TPSA) is 37.0 Å². The molecule has 0 unspecified atom stereocenters. The number of rotatable bonds is 6. The highest BCUT2D eigenvalue weighted by Gasteiger charge is 2.21. The molecule has 0 radical (unpaired) electrons. The number of nitrogens with one attached hydrogen (secondary N) is 2. The predicted octanol–water partition coefficient (Wildman–Crippen LogP) is 6.12. The Hall–Kier alpha value is -1.75. The molecule has 146 valence electrons. The predicted molar refractivity (Wildman–Crippen MR) is 121 cm³/mol. The van der Waals surface area contributed by atoms with Crippen LogP contribution in [0.15, 0.2) is 59.6 Å². The number of hydrogen-bond acceptors (Lipinski definition) is 4. The molecule has 0 atom stereocenters. The molecule has 2 aromatic carbocycles. The minimum atomic E-state index is 0.514. The summed E-state index contributed by atoms with van der Waals surface area (Å²) < 4.78 is 0. The molecule has 5 heteroatoms. The van der Waals surface area contributed by atoms with Crippen molar-refractivity contribution in [1.82, 2.24) is 10.3 Å². The van der Waals surface area contributed by atoms with Gasteiger partial charge in [0.1, 0.15) is 0 Å². The molecule has 3 aromatic rings. The maximum absolute atomic E-state index is 6.10. The highest BCUT2D eigenvalue weighted by atomic mass is 35.5. The third-order valence-electron chi connectivity index (χ3n) is 5.55. The van der Waals surface area contributed by atoms with E-state index in [1.54, 1.807) is 11.8 Å². The Morgan fingerprint density at radius 2 is 1.75 bits per heavy atom. The standard InChI is InChI=1S/C23H26ClN3S/c1-28-20-9-2-16(3-10-20)15-26-18-5-7-19(8-6-18)27-22-12-13-25-23-14-17(24)4-11-21(22)23/h2-4,9-14,18-19,26H,5-8,15H2,1H3,(H,25,27). The maximum atomic E-state index is 6.10. The van der Waals surface area contributed by atoms with Gasteiger partial charge in [0.25, 0.3) is 0 Å². The average molecular weight is 412 g/mol. The van der Waals surface area contributed by atoms with Gasteiger partial charge in [-0.1, -0.05) is 23.7 Å². The van der Waals surface area contributed by atoms with E-state index in [0.29, 0.717) is 12.1 Å². The third kappa shape index (κ3) is 4.80. The van der Waals surface area contributed by atoms with E-state index in [-0.39, 0.29) is 0 Å². The molecule has 1 fully saturated rings. The van der Waals surface area contributed by atoms with Gasteiger partial charge in [0, 0.05) is 45.8 Å². The first-order valence-electron chi connectivity index (χ1n) is 9.88. The van der Waals surface area contributed by atoms with Gasteiger partial charge < -0.3 is 10.6 Å². The summed E-state index contributed by atoms with van der Waals surface area (Å²) in [6.07, 6.45) is 8.74. The molecule has 4 rings (SSSR count).